The Morgan fingerprint density at radius 3 is 2.32 bits per heavy atom. The van der Waals surface area contributed by atoms with Crippen molar-refractivity contribution in [2.75, 3.05) is 13.1 Å². The van der Waals surface area contributed by atoms with Crippen molar-refractivity contribution in [1.29, 1.82) is 5.26 Å². The fourth-order valence-corrected chi connectivity index (χ4v) is 3.86. The predicted octanol–water partition coefficient (Wildman–Crippen LogP) is 4.29. The van der Waals surface area contributed by atoms with Crippen molar-refractivity contribution in [2.45, 2.75) is 56.5 Å². The summed E-state index contributed by atoms with van der Waals surface area (Å²) in [5.41, 5.74) is -1.30. The van der Waals surface area contributed by atoms with Crippen LogP contribution in [-0.2, 0) is 11.3 Å². The van der Waals surface area contributed by atoms with Gasteiger partial charge in [0, 0.05) is 25.6 Å². The van der Waals surface area contributed by atoms with Crippen LogP contribution in [0, 0.1) is 17.2 Å². The summed E-state index contributed by atoms with van der Waals surface area (Å²) in [5.74, 6) is 0.407. The van der Waals surface area contributed by atoms with E-state index in [-0.39, 0.29) is 25.7 Å². The second-order valence-corrected chi connectivity index (χ2v) is 7.21. The Morgan fingerprint density at radius 2 is 1.76 bits per heavy atom. The summed E-state index contributed by atoms with van der Waals surface area (Å²) in [7, 11) is 0. The number of alkyl halides is 3. The molecule has 0 radical (unpaired) electrons. The highest BCUT2D eigenvalue weighted by molar-refractivity contribution is 5.14. The highest BCUT2D eigenvalue weighted by Gasteiger charge is 2.64. The van der Waals surface area contributed by atoms with Gasteiger partial charge in [0.25, 0.3) is 0 Å². The van der Waals surface area contributed by atoms with E-state index in [2.05, 4.69) is 6.07 Å². The maximum absolute atomic E-state index is 13.6. The minimum absolute atomic E-state index is 0.0247. The molecule has 0 amide bonds. The van der Waals surface area contributed by atoms with Crippen LogP contribution in [0.4, 0.5) is 13.2 Å². The summed E-state index contributed by atoms with van der Waals surface area (Å²) in [6, 6.07) is 11.4. The summed E-state index contributed by atoms with van der Waals surface area (Å²) >= 11 is 0. The van der Waals surface area contributed by atoms with E-state index >= 15 is 0 Å². The third-order valence-corrected chi connectivity index (χ3v) is 5.50. The zero-order chi connectivity index (χ0) is 17.9. The number of rotatable bonds is 5. The molecule has 0 atom stereocenters. The Morgan fingerprint density at radius 1 is 1.12 bits per heavy atom. The Labute approximate surface area is 146 Å². The van der Waals surface area contributed by atoms with Crippen molar-refractivity contribution in [2.24, 2.45) is 5.92 Å². The zero-order valence-electron chi connectivity index (χ0n) is 14.1. The van der Waals surface area contributed by atoms with Crippen molar-refractivity contribution in [3.63, 3.8) is 0 Å². The average Bonchev–Trinajstić information content (AvgIpc) is 2.55. The third kappa shape index (κ3) is 3.99. The van der Waals surface area contributed by atoms with Crippen molar-refractivity contribution < 1.29 is 17.9 Å². The van der Waals surface area contributed by atoms with Crippen LogP contribution >= 0.6 is 0 Å². The van der Waals surface area contributed by atoms with Crippen molar-refractivity contribution >= 4 is 0 Å². The molecule has 3 nitrogen and oxygen atoms in total. The molecule has 136 valence electrons. The van der Waals surface area contributed by atoms with Crippen LogP contribution in [0.15, 0.2) is 30.3 Å². The zero-order valence-corrected chi connectivity index (χ0v) is 14.1. The van der Waals surface area contributed by atoms with Crippen LogP contribution in [0.1, 0.15) is 37.7 Å². The van der Waals surface area contributed by atoms with Gasteiger partial charge in [-0.05, 0) is 37.2 Å². The standard InChI is InChI=1S/C19H23F3N2O/c20-19(21,22)18(25-12-16-4-2-1-3-5-16)13-24(14-18)17-8-6-15(7-9-17)10-11-23/h1-5,15,17H,6-10,12-14H2. The lowest BCUT2D eigenvalue weighted by molar-refractivity contribution is -0.327. The van der Waals surface area contributed by atoms with Crippen LogP contribution < -0.4 is 0 Å². The highest BCUT2D eigenvalue weighted by Crippen LogP contribution is 2.44. The van der Waals surface area contributed by atoms with E-state index in [0.717, 1.165) is 31.2 Å². The van der Waals surface area contributed by atoms with Gasteiger partial charge >= 0.3 is 6.18 Å². The van der Waals surface area contributed by atoms with Crippen molar-refractivity contribution in [3.05, 3.63) is 35.9 Å². The van der Waals surface area contributed by atoms with E-state index < -0.39 is 11.8 Å². The van der Waals surface area contributed by atoms with Crippen LogP contribution in [0.25, 0.3) is 0 Å². The number of likely N-dealkylation sites (tertiary alicyclic amines) is 1. The first-order chi connectivity index (χ1) is 11.9. The third-order valence-electron chi connectivity index (χ3n) is 5.50. The van der Waals surface area contributed by atoms with Gasteiger partial charge in [0.1, 0.15) is 0 Å². The summed E-state index contributed by atoms with van der Waals surface area (Å²) in [5, 5.41) is 8.76. The molecule has 0 N–H and O–H groups in total. The fourth-order valence-electron chi connectivity index (χ4n) is 3.86. The highest BCUT2D eigenvalue weighted by atomic mass is 19.4. The molecule has 1 aliphatic heterocycles. The number of hydrogen-bond donors (Lipinski definition) is 0. The predicted molar refractivity (Wildman–Crippen MR) is 87.6 cm³/mol. The second-order valence-electron chi connectivity index (χ2n) is 7.21. The van der Waals surface area contributed by atoms with Gasteiger partial charge in [-0.1, -0.05) is 30.3 Å². The largest absolute Gasteiger partial charge is 0.419 e. The molecule has 1 aliphatic carbocycles. The summed E-state index contributed by atoms with van der Waals surface area (Å²) in [4.78, 5) is 1.90. The molecule has 1 saturated heterocycles. The van der Waals surface area contributed by atoms with Gasteiger partial charge in [-0.25, -0.2) is 0 Å². The van der Waals surface area contributed by atoms with Crippen LogP contribution in [0.2, 0.25) is 0 Å². The smallest absolute Gasteiger partial charge is 0.358 e. The Kier molecular flexibility index (Phi) is 5.35. The Balaban J connectivity index is 1.56. The maximum atomic E-state index is 13.6. The summed E-state index contributed by atoms with van der Waals surface area (Å²) in [6.45, 7) is -0.197. The molecule has 1 aromatic rings. The number of hydrogen-bond acceptors (Lipinski definition) is 3. The molecule has 2 fully saturated rings. The number of nitriles is 1. The van der Waals surface area contributed by atoms with E-state index in [1.807, 2.05) is 11.0 Å². The number of ether oxygens (including phenoxy) is 1. The molecular weight excluding hydrogens is 329 g/mol. The topological polar surface area (TPSA) is 36.3 Å². The first-order valence-corrected chi connectivity index (χ1v) is 8.79. The molecule has 2 aliphatic rings. The monoisotopic (exact) mass is 352 g/mol. The van der Waals surface area contributed by atoms with E-state index in [9.17, 15) is 13.2 Å². The normalized spacial score (nSPS) is 26.6. The van der Waals surface area contributed by atoms with Crippen LogP contribution in [0.5, 0.6) is 0 Å². The van der Waals surface area contributed by atoms with E-state index in [1.54, 1.807) is 24.3 Å². The van der Waals surface area contributed by atoms with E-state index in [1.165, 1.54) is 0 Å². The molecule has 0 unspecified atom stereocenters. The van der Waals surface area contributed by atoms with Gasteiger partial charge in [-0.15, -0.1) is 0 Å². The Hall–Kier alpha value is -1.58. The maximum Gasteiger partial charge on any atom is 0.419 e. The van der Waals surface area contributed by atoms with Gasteiger partial charge in [-0.3, -0.25) is 4.90 Å². The molecule has 1 heterocycles. The lowest BCUT2D eigenvalue weighted by Crippen LogP contribution is -2.72. The molecule has 6 heteroatoms. The summed E-state index contributed by atoms with van der Waals surface area (Å²) < 4.78 is 46.1. The molecule has 0 spiro atoms. The lowest BCUT2D eigenvalue weighted by Gasteiger charge is -2.54. The van der Waals surface area contributed by atoms with Crippen LogP contribution in [0.3, 0.4) is 0 Å². The molecule has 0 aromatic heterocycles. The SMILES string of the molecule is N#CCC1CCC(N2CC(OCc3ccccc3)(C(F)(F)F)C2)CC1. The van der Waals surface area contributed by atoms with Crippen LogP contribution in [-0.4, -0.2) is 35.8 Å². The molecule has 0 bridgehead atoms. The lowest BCUT2D eigenvalue weighted by atomic mass is 9.80. The first kappa shape index (κ1) is 18.2. The molecule has 1 saturated carbocycles. The molecule has 1 aromatic carbocycles. The molecular formula is C19H23F3N2O. The van der Waals surface area contributed by atoms with E-state index in [4.69, 9.17) is 10.00 Å². The minimum Gasteiger partial charge on any atom is -0.358 e. The van der Waals surface area contributed by atoms with Gasteiger partial charge < -0.3 is 4.74 Å². The molecule has 3 rings (SSSR count). The van der Waals surface area contributed by atoms with E-state index in [0.29, 0.717) is 12.3 Å². The number of nitrogens with zero attached hydrogens (tertiary/aromatic N) is 2. The van der Waals surface area contributed by atoms with Gasteiger partial charge in [-0.2, -0.15) is 18.4 Å². The fraction of sp³-hybridized carbons (Fsp3) is 0.632. The Bertz CT molecular complexity index is 597. The van der Waals surface area contributed by atoms with Crippen molar-refractivity contribution in [3.8, 4) is 6.07 Å². The van der Waals surface area contributed by atoms with Gasteiger partial charge in [0.15, 0.2) is 5.60 Å². The summed E-state index contributed by atoms with van der Waals surface area (Å²) in [6.07, 6.45) is -0.204. The number of benzene rings is 1. The molecule has 25 heavy (non-hydrogen) atoms. The van der Waals surface area contributed by atoms with Gasteiger partial charge in [0.2, 0.25) is 0 Å². The first-order valence-electron chi connectivity index (χ1n) is 8.79. The second kappa shape index (κ2) is 7.35. The van der Waals surface area contributed by atoms with Gasteiger partial charge in [0.05, 0.1) is 12.7 Å². The average molecular weight is 352 g/mol. The quantitative estimate of drug-likeness (QED) is 0.793. The minimum atomic E-state index is -4.36. The van der Waals surface area contributed by atoms with Crippen molar-refractivity contribution in [1.82, 2.24) is 4.90 Å². The number of halogens is 3.